The van der Waals surface area contributed by atoms with Gasteiger partial charge in [-0.1, -0.05) is 23.7 Å². The quantitative estimate of drug-likeness (QED) is 0.886. The van der Waals surface area contributed by atoms with Crippen LogP contribution in [0.4, 0.5) is 0 Å². The molecule has 2 atom stereocenters. The van der Waals surface area contributed by atoms with Gasteiger partial charge in [-0.3, -0.25) is 4.98 Å². The summed E-state index contributed by atoms with van der Waals surface area (Å²) < 4.78 is 28.2. The summed E-state index contributed by atoms with van der Waals surface area (Å²) >= 11 is 6.25. The average molecular weight is 353 g/mol. The first-order valence-corrected chi connectivity index (χ1v) is 9.24. The van der Waals surface area contributed by atoms with E-state index in [1.807, 2.05) is 0 Å². The molecule has 0 saturated heterocycles. The summed E-state index contributed by atoms with van der Waals surface area (Å²) in [5.41, 5.74) is 1.05. The molecule has 2 aromatic rings. The molecular weight excluding hydrogens is 336 g/mol. The Balaban J connectivity index is 2.04. The first-order valence-electron chi connectivity index (χ1n) is 7.38. The molecule has 3 rings (SSSR count). The van der Waals surface area contributed by atoms with Crippen LogP contribution in [-0.4, -0.2) is 30.7 Å². The molecule has 0 unspecified atom stereocenters. The molecule has 7 heteroatoms. The Bertz CT molecular complexity index is 796. The van der Waals surface area contributed by atoms with Crippen LogP contribution in [0.3, 0.4) is 0 Å². The Kier molecular flexibility index (Phi) is 4.68. The van der Waals surface area contributed by atoms with Crippen molar-refractivity contribution < 1.29 is 13.5 Å². The van der Waals surface area contributed by atoms with Crippen molar-refractivity contribution in [2.75, 3.05) is 0 Å². The lowest BCUT2D eigenvalue weighted by Gasteiger charge is -2.18. The highest BCUT2D eigenvalue weighted by Gasteiger charge is 2.31. The third kappa shape index (κ3) is 3.40. The number of aromatic nitrogens is 1. The molecule has 1 aliphatic rings. The number of nitrogens with zero attached hydrogens (tertiary/aromatic N) is 1. The van der Waals surface area contributed by atoms with E-state index in [1.165, 1.54) is 6.07 Å². The van der Waals surface area contributed by atoms with Gasteiger partial charge in [0.1, 0.15) is 0 Å². The Labute approximate surface area is 140 Å². The van der Waals surface area contributed by atoms with Gasteiger partial charge in [0.05, 0.1) is 11.0 Å². The monoisotopic (exact) mass is 352 g/mol. The maximum Gasteiger partial charge on any atom is 0.241 e. The zero-order valence-electron chi connectivity index (χ0n) is 12.3. The van der Waals surface area contributed by atoms with Crippen molar-refractivity contribution >= 4 is 21.6 Å². The molecule has 5 nitrogen and oxygen atoms in total. The van der Waals surface area contributed by atoms with Gasteiger partial charge in [0.2, 0.25) is 10.0 Å². The fraction of sp³-hybridized carbons (Fsp3) is 0.312. The van der Waals surface area contributed by atoms with Gasteiger partial charge >= 0.3 is 0 Å². The summed E-state index contributed by atoms with van der Waals surface area (Å²) in [6.07, 6.45) is 4.58. The van der Waals surface area contributed by atoms with Crippen LogP contribution in [0.5, 0.6) is 0 Å². The third-order valence-corrected chi connectivity index (χ3v) is 5.85. The van der Waals surface area contributed by atoms with E-state index in [0.29, 0.717) is 29.0 Å². The van der Waals surface area contributed by atoms with E-state index in [9.17, 15) is 13.5 Å². The maximum atomic E-state index is 12.8. The standard InChI is InChI=1S/C16H17ClN2O3S/c17-12-5-1-8-15(16(12)11-4-3-9-18-10-11)23(21,22)19-13-6-2-7-14(13)20/h1,3-5,8-10,13-14,19-20H,2,6-7H2/t13-,14-/m0/s1. The fourth-order valence-corrected chi connectivity index (χ4v) is 4.75. The van der Waals surface area contributed by atoms with Gasteiger partial charge in [-0.05, 0) is 37.5 Å². The van der Waals surface area contributed by atoms with Crippen molar-refractivity contribution in [1.29, 1.82) is 0 Å². The predicted octanol–water partition coefficient (Wildman–Crippen LogP) is 2.59. The highest BCUT2D eigenvalue weighted by molar-refractivity contribution is 7.89. The van der Waals surface area contributed by atoms with E-state index < -0.39 is 22.2 Å². The summed E-state index contributed by atoms with van der Waals surface area (Å²) in [7, 11) is -3.80. The summed E-state index contributed by atoms with van der Waals surface area (Å²) in [4.78, 5) is 4.12. The number of rotatable bonds is 4. The van der Waals surface area contributed by atoms with Crippen molar-refractivity contribution in [2.24, 2.45) is 0 Å². The number of aliphatic hydroxyl groups excluding tert-OH is 1. The van der Waals surface area contributed by atoms with E-state index in [2.05, 4.69) is 9.71 Å². The molecule has 0 amide bonds. The van der Waals surface area contributed by atoms with Crippen molar-refractivity contribution in [3.8, 4) is 11.1 Å². The zero-order chi connectivity index (χ0) is 16.4. The number of hydrogen-bond donors (Lipinski definition) is 2. The first kappa shape index (κ1) is 16.4. The SMILES string of the molecule is O=S(=O)(N[C@H]1CCC[C@@H]1O)c1cccc(Cl)c1-c1cccnc1. The molecule has 23 heavy (non-hydrogen) atoms. The topological polar surface area (TPSA) is 79.3 Å². The normalized spacial score (nSPS) is 21.5. The molecule has 0 radical (unpaired) electrons. The second-order valence-corrected chi connectivity index (χ2v) is 7.67. The summed E-state index contributed by atoms with van der Waals surface area (Å²) in [5, 5.41) is 10.2. The minimum absolute atomic E-state index is 0.0945. The number of nitrogens with one attached hydrogen (secondary N) is 1. The molecule has 0 spiro atoms. The number of aliphatic hydroxyl groups is 1. The van der Waals surface area contributed by atoms with E-state index in [-0.39, 0.29) is 4.90 Å². The van der Waals surface area contributed by atoms with Crippen LogP contribution in [0.25, 0.3) is 11.1 Å². The minimum Gasteiger partial charge on any atom is -0.391 e. The Morgan fingerprint density at radius 2 is 2.04 bits per heavy atom. The van der Waals surface area contributed by atoms with Gasteiger partial charge < -0.3 is 5.11 Å². The molecule has 122 valence electrons. The van der Waals surface area contributed by atoms with Gasteiger partial charge in [0.25, 0.3) is 0 Å². The number of halogens is 1. The highest BCUT2D eigenvalue weighted by Crippen LogP contribution is 2.34. The first-order chi connectivity index (χ1) is 11.0. The lowest BCUT2D eigenvalue weighted by atomic mass is 10.1. The van der Waals surface area contributed by atoms with Gasteiger partial charge in [0, 0.05) is 34.6 Å². The van der Waals surface area contributed by atoms with Crippen LogP contribution < -0.4 is 4.72 Å². The molecule has 2 N–H and O–H groups in total. The van der Waals surface area contributed by atoms with E-state index in [4.69, 9.17) is 11.6 Å². The summed E-state index contributed by atoms with van der Waals surface area (Å²) in [6, 6.07) is 7.79. The van der Waals surface area contributed by atoms with Crippen LogP contribution in [0.1, 0.15) is 19.3 Å². The molecule has 1 fully saturated rings. The predicted molar refractivity (Wildman–Crippen MR) is 88.7 cm³/mol. The van der Waals surface area contributed by atoms with E-state index >= 15 is 0 Å². The Morgan fingerprint density at radius 1 is 1.22 bits per heavy atom. The molecule has 1 aromatic carbocycles. The van der Waals surface area contributed by atoms with E-state index in [1.54, 1.807) is 36.7 Å². The molecular formula is C16H17ClN2O3S. The minimum atomic E-state index is -3.80. The number of hydrogen-bond acceptors (Lipinski definition) is 4. The zero-order valence-corrected chi connectivity index (χ0v) is 13.9. The molecule has 1 aliphatic carbocycles. The lowest BCUT2D eigenvalue weighted by Crippen LogP contribution is -2.39. The molecule has 0 bridgehead atoms. The van der Waals surface area contributed by atoms with Gasteiger partial charge in [-0.2, -0.15) is 0 Å². The molecule has 0 aliphatic heterocycles. The lowest BCUT2D eigenvalue weighted by molar-refractivity contribution is 0.159. The average Bonchev–Trinajstić information content (AvgIpc) is 2.92. The van der Waals surface area contributed by atoms with Crippen LogP contribution in [0.15, 0.2) is 47.6 Å². The maximum absolute atomic E-state index is 12.8. The third-order valence-electron chi connectivity index (χ3n) is 4.00. The van der Waals surface area contributed by atoms with Crippen molar-refractivity contribution in [3.05, 3.63) is 47.7 Å². The molecule has 1 saturated carbocycles. The Morgan fingerprint density at radius 3 is 2.70 bits per heavy atom. The van der Waals surface area contributed by atoms with Gasteiger partial charge in [0.15, 0.2) is 0 Å². The highest BCUT2D eigenvalue weighted by atomic mass is 35.5. The van der Waals surface area contributed by atoms with Crippen molar-refractivity contribution in [2.45, 2.75) is 36.3 Å². The van der Waals surface area contributed by atoms with Gasteiger partial charge in [-0.25, -0.2) is 13.1 Å². The largest absolute Gasteiger partial charge is 0.391 e. The number of pyridine rings is 1. The summed E-state index contributed by atoms with van der Waals surface area (Å²) in [6.45, 7) is 0. The van der Waals surface area contributed by atoms with Crippen LogP contribution in [0, 0.1) is 0 Å². The molecule has 1 heterocycles. The van der Waals surface area contributed by atoms with Gasteiger partial charge in [-0.15, -0.1) is 0 Å². The number of sulfonamides is 1. The van der Waals surface area contributed by atoms with Crippen LogP contribution >= 0.6 is 11.6 Å². The van der Waals surface area contributed by atoms with E-state index in [0.717, 1.165) is 6.42 Å². The second-order valence-electron chi connectivity index (χ2n) is 5.58. The van der Waals surface area contributed by atoms with Crippen LogP contribution in [-0.2, 0) is 10.0 Å². The molecule has 1 aromatic heterocycles. The Hall–Kier alpha value is -1.47. The summed E-state index contributed by atoms with van der Waals surface area (Å²) in [5.74, 6) is 0. The van der Waals surface area contributed by atoms with Crippen molar-refractivity contribution in [1.82, 2.24) is 9.71 Å². The smallest absolute Gasteiger partial charge is 0.241 e. The second kappa shape index (κ2) is 6.57. The fourth-order valence-electron chi connectivity index (χ4n) is 2.86. The van der Waals surface area contributed by atoms with Crippen molar-refractivity contribution in [3.63, 3.8) is 0 Å². The number of benzene rings is 1. The van der Waals surface area contributed by atoms with Crippen LogP contribution in [0.2, 0.25) is 5.02 Å².